The zero-order chi connectivity index (χ0) is 24.6. The van der Waals surface area contributed by atoms with E-state index in [1.165, 1.54) is 27.8 Å². The minimum Gasteiger partial charge on any atom is -0.454 e. The number of carbonyl (C=O) groups is 1. The van der Waals surface area contributed by atoms with Gasteiger partial charge in [0.25, 0.3) is 5.91 Å². The van der Waals surface area contributed by atoms with Crippen LogP contribution in [-0.4, -0.2) is 55.1 Å². The highest BCUT2D eigenvalue weighted by Gasteiger charge is 2.32. The number of halogens is 1. The van der Waals surface area contributed by atoms with Crippen LogP contribution in [0, 0.1) is 11.7 Å². The number of hydrogen-bond donors (Lipinski definition) is 0. The van der Waals surface area contributed by atoms with Gasteiger partial charge in [-0.25, -0.2) is 12.8 Å². The van der Waals surface area contributed by atoms with Crippen LogP contribution in [-0.2, 0) is 21.4 Å². The number of sulfonamides is 1. The molecule has 1 aromatic heterocycles. The standard InChI is InChI=1S/C23H24FN3O5S3/c1-33-11-10-27-18-12-19-20(32-14-31-19)13-21(18)34-23(27)25-22(28)15-6-8-26(9-7-15)35(29,30)17-4-2-16(24)3-5-17/h2-5,12-13,15H,6-11,14H2,1H3. The van der Waals surface area contributed by atoms with Crippen LogP contribution in [0.5, 0.6) is 11.5 Å². The lowest BCUT2D eigenvalue weighted by atomic mass is 9.98. The largest absolute Gasteiger partial charge is 0.454 e. The number of benzene rings is 2. The molecule has 0 saturated carbocycles. The Balaban J connectivity index is 1.36. The lowest BCUT2D eigenvalue weighted by Crippen LogP contribution is -2.40. The SMILES string of the molecule is CSCCn1c(=NC(=O)C2CCN(S(=O)(=O)c3ccc(F)cc3)CC2)sc2cc3c(cc21)OCO3. The summed E-state index contributed by atoms with van der Waals surface area (Å²) in [5, 5.41) is 0. The summed E-state index contributed by atoms with van der Waals surface area (Å²) in [5.41, 5.74) is 0.945. The predicted octanol–water partition coefficient (Wildman–Crippen LogP) is 3.46. The lowest BCUT2D eigenvalue weighted by Gasteiger charge is -2.29. The van der Waals surface area contributed by atoms with Gasteiger partial charge in [-0.2, -0.15) is 21.1 Å². The zero-order valence-electron chi connectivity index (χ0n) is 19.0. The fraction of sp³-hybridized carbons (Fsp3) is 0.391. The quantitative estimate of drug-likeness (QED) is 0.479. The van der Waals surface area contributed by atoms with Crippen LogP contribution in [0.2, 0.25) is 0 Å². The highest BCUT2D eigenvalue weighted by atomic mass is 32.2. The molecule has 0 atom stereocenters. The number of fused-ring (bicyclic) bond motifs is 2. The fourth-order valence-electron chi connectivity index (χ4n) is 4.23. The van der Waals surface area contributed by atoms with Gasteiger partial charge in [-0.15, -0.1) is 0 Å². The monoisotopic (exact) mass is 537 g/mol. The van der Waals surface area contributed by atoms with Gasteiger partial charge in [0.05, 0.1) is 15.1 Å². The number of hydrogen-bond acceptors (Lipinski definition) is 7. The molecule has 1 fully saturated rings. The summed E-state index contributed by atoms with van der Waals surface area (Å²) in [5.74, 6) is 1.14. The van der Waals surface area contributed by atoms with Gasteiger partial charge in [0.15, 0.2) is 16.3 Å². The van der Waals surface area contributed by atoms with Crippen molar-refractivity contribution in [2.24, 2.45) is 10.9 Å². The molecule has 3 aromatic rings. The van der Waals surface area contributed by atoms with E-state index >= 15 is 0 Å². The predicted molar refractivity (Wildman–Crippen MR) is 133 cm³/mol. The van der Waals surface area contributed by atoms with E-state index in [4.69, 9.17) is 9.47 Å². The van der Waals surface area contributed by atoms with E-state index in [0.29, 0.717) is 35.7 Å². The molecule has 2 aliphatic rings. The van der Waals surface area contributed by atoms with E-state index < -0.39 is 15.8 Å². The van der Waals surface area contributed by atoms with Gasteiger partial charge in [-0.3, -0.25) is 4.79 Å². The minimum absolute atomic E-state index is 0.0494. The molecule has 0 aliphatic carbocycles. The van der Waals surface area contributed by atoms with Gasteiger partial charge in [-0.05, 0) is 43.4 Å². The van der Waals surface area contributed by atoms with Gasteiger partial charge in [0, 0.05) is 43.4 Å². The first-order valence-corrected chi connectivity index (χ1v) is 14.8. The third-order valence-corrected chi connectivity index (χ3v) is 9.70. The summed E-state index contributed by atoms with van der Waals surface area (Å²) in [4.78, 5) is 18.2. The smallest absolute Gasteiger partial charge is 0.251 e. The molecular weight excluding hydrogens is 513 g/mol. The van der Waals surface area contributed by atoms with E-state index in [-0.39, 0.29) is 36.6 Å². The molecule has 0 unspecified atom stereocenters. The number of piperidine rings is 1. The fourth-order valence-corrected chi connectivity index (χ4v) is 7.13. The molecule has 0 radical (unpaired) electrons. The number of carbonyl (C=O) groups excluding carboxylic acids is 1. The van der Waals surface area contributed by atoms with Crippen molar-refractivity contribution in [3.8, 4) is 11.5 Å². The van der Waals surface area contributed by atoms with Crippen molar-refractivity contribution < 1.29 is 27.1 Å². The van der Waals surface area contributed by atoms with Crippen molar-refractivity contribution in [1.29, 1.82) is 0 Å². The Morgan fingerprint density at radius 1 is 1.17 bits per heavy atom. The number of nitrogens with zero attached hydrogens (tertiary/aromatic N) is 3. The van der Waals surface area contributed by atoms with Gasteiger partial charge in [-0.1, -0.05) is 11.3 Å². The number of amides is 1. The molecule has 35 heavy (non-hydrogen) atoms. The molecular formula is C23H24FN3O5S3. The van der Waals surface area contributed by atoms with Crippen molar-refractivity contribution in [3.05, 3.63) is 47.0 Å². The molecule has 5 rings (SSSR count). The summed E-state index contributed by atoms with van der Waals surface area (Å²) >= 11 is 3.14. The van der Waals surface area contributed by atoms with Gasteiger partial charge >= 0.3 is 0 Å². The maximum atomic E-state index is 13.2. The minimum atomic E-state index is -3.73. The second-order valence-electron chi connectivity index (χ2n) is 8.28. The van der Waals surface area contributed by atoms with Crippen LogP contribution in [0.15, 0.2) is 46.3 Å². The number of thiazole rings is 1. The Kier molecular flexibility index (Phi) is 6.88. The van der Waals surface area contributed by atoms with Gasteiger partial charge < -0.3 is 14.0 Å². The second-order valence-corrected chi connectivity index (χ2v) is 12.2. The van der Waals surface area contributed by atoms with E-state index in [9.17, 15) is 17.6 Å². The Morgan fingerprint density at radius 3 is 2.54 bits per heavy atom. The molecule has 0 N–H and O–H groups in total. The highest BCUT2D eigenvalue weighted by molar-refractivity contribution is 7.98. The first-order valence-electron chi connectivity index (χ1n) is 11.1. The molecule has 8 nitrogen and oxygen atoms in total. The first-order chi connectivity index (χ1) is 16.9. The van der Waals surface area contributed by atoms with Crippen molar-refractivity contribution in [1.82, 2.24) is 8.87 Å². The van der Waals surface area contributed by atoms with Crippen molar-refractivity contribution >= 4 is 49.2 Å². The number of ether oxygens (including phenoxy) is 2. The third-order valence-electron chi connectivity index (χ3n) is 6.16. The van der Waals surface area contributed by atoms with Crippen LogP contribution in [0.4, 0.5) is 4.39 Å². The highest BCUT2D eigenvalue weighted by Crippen LogP contribution is 2.37. The van der Waals surface area contributed by atoms with Crippen molar-refractivity contribution in [2.45, 2.75) is 24.3 Å². The van der Waals surface area contributed by atoms with Crippen LogP contribution in [0.25, 0.3) is 10.2 Å². The number of thioether (sulfide) groups is 1. The Labute approximate surface area is 210 Å². The first kappa shape index (κ1) is 24.3. The van der Waals surface area contributed by atoms with Crippen LogP contribution >= 0.6 is 23.1 Å². The van der Waals surface area contributed by atoms with E-state index in [0.717, 1.165) is 28.1 Å². The summed E-state index contributed by atoms with van der Waals surface area (Å²) in [6, 6.07) is 8.63. The number of aryl methyl sites for hydroxylation is 1. The van der Waals surface area contributed by atoms with Crippen LogP contribution < -0.4 is 14.3 Å². The summed E-state index contributed by atoms with van der Waals surface area (Å²) < 4.78 is 54.3. The Hall–Kier alpha value is -2.41. The normalized spacial score (nSPS) is 17.4. The van der Waals surface area contributed by atoms with Gasteiger partial charge in [0.2, 0.25) is 16.8 Å². The molecule has 0 bridgehead atoms. The summed E-state index contributed by atoms with van der Waals surface area (Å²) in [7, 11) is -3.73. The Morgan fingerprint density at radius 2 is 1.86 bits per heavy atom. The van der Waals surface area contributed by atoms with Crippen molar-refractivity contribution in [3.63, 3.8) is 0 Å². The number of rotatable bonds is 6. The second kappa shape index (κ2) is 9.92. The van der Waals surface area contributed by atoms with E-state index in [1.807, 2.05) is 23.0 Å². The van der Waals surface area contributed by atoms with Crippen LogP contribution in [0.3, 0.4) is 0 Å². The molecule has 186 valence electrons. The molecule has 3 heterocycles. The molecule has 1 saturated heterocycles. The lowest BCUT2D eigenvalue weighted by molar-refractivity contribution is -0.122. The maximum absolute atomic E-state index is 13.2. The molecule has 2 aliphatic heterocycles. The van der Waals surface area contributed by atoms with Crippen LogP contribution in [0.1, 0.15) is 12.8 Å². The topological polar surface area (TPSA) is 90.2 Å². The zero-order valence-corrected chi connectivity index (χ0v) is 21.4. The molecule has 1 amide bonds. The summed E-state index contributed by atoms with van der Waals surface area (Å²) in [6.07, 6.45) is 2.79. The molecule has 0 spiro atoms. The average Bonchev–Trinajstić information content (AvgIpc) is 3.44. The van der Waals surface area contributed by atoms with E-state index in [2.05, 4.69) is 4.99 Å². The molecule has 2 aromatic carbocycles. The molecule has 12 heteroatoms. The maximum Gasteiger partial charge on any atom is 0.251 e. The third kappa shape index (κ3) is 4.84. The summed E-state index contributed by atoms with van der Waals surface area (Å²) in [6.45, 7) is 1.32. The average molecular weight is 538 g/mol. The van der Waals surface area contributed by atoms with Gasteiger partial charge in [0.1, 0.15) is 5.82 Å². The number of aromatic nitrogens is 1. The van der Waals surface area contributed by atoms with Crippen molar-refractivity contribution in [2.75, 3.05) is 31.9 Å². The Bertz CT molecular complexity index is 1430. The van der Waals surface area contributed by atoms with E-state index in [1.54, 1.807) is 11.8 Å².